The van der Waals surface area contributed by atoms with Crippen molar-refractivity contribution < 1.29 is 4.57 Å². The molecule has 0 aliphatic rings. The van der Waals surface area contributed by atoms with Crippen LogP contribution in [0.25, 0.3) is 0 Å². The van der Waals surface area contributed by atoms with Crippen molar-refractivity contribution in [1.82, 2.24) is 4.57 Å². The Labute approximate surface area is 170 Å². The highest BCUT2D eigenvalue weighted by atomic mass is 15.1. The molecule has 1 aromatic rings. The topological polar surface area (TPSA) is 8.81 Å². The largest absolute Gasteiger partial charge is 0.256 e. The molecule has 0 fully saturated rings. The Morgan fingerprint density at radius 1 is 0.630 bits per heavy atom. The number of hydrogen-bond acceptors (Lipinski definition) is 0. The van der Waals surface area contributed by atoms with Crippen LogP contribution >= 0.6 is 0 Å². The quantitative estimate of drug-likeness (QED) is 0.173. The van der Waals surface area contributed by atoms with Crippen molar-refractivity contribution in [2.45, 2.75) is 143 Å². The van der Waals surface area contributed by atoms with Crippen molar-refractivity contribution in [2.24, 2.45) is 0 Å². The first-order chi connectivity index (χ1) is 13.3. The van der Waals surface area contributed by atoms with Gasteiger partial charge in [0.2, 0.25) is 0 Å². The van der Waals surface area contributed by atoms with Crippen molar-refractivity contribution in [3.8, 4) is 0 Å². The van der Waals surface area contributed by atoms with E-state index < -0.39 is 0 Å². The van der Waals surface area contributed by atoms with E-state index in [-0.39, 0.29) is 0 Å². The first-order valence-corrected chi connectivity index (χ1v) is 12.4. The van der Waals surface area contributed by atoms with Gasteiger partial charge in [0.25, 0.3) is 5.82 Å². The molecule has 0 saturated heterocycles. The third-order valence-corrected chi connectivity index (χ3v) is 5.91. The standard InChI is InChI=1S/C25H49N2/c1-4-7-9-10-11-12-13-14-15-16-17-18-20-22-27-24-23-26(25(27)6-3)21-19-8-5-2/h23-24H,4-22H2,1-3H3/q+1. The lowest BCUT2D eigenvalue weighted by Gasteiger charge is -2.04. The molecule has 0 spiro atoms. The SMILES string of the molecule is CCCCCCCCCCCCCCC[n+]1ccn(CCCCC)c1CC. The Balaban J connectivity index is 2.00. The Morgan fingerprint density at radius 2 is 1.11 bits per heavy atom. The van der Waals surface area contributed by atoms with Crippen LogP contribution in [-0.4, -0.2) is 4.57 Å². The molecule has 0 unspecified atom stereocenters. The second-order valence-corrected chi connectivity index (χ2v) is 8.40. The van der Waals surface area contributed by atoms with Crippen molar-refractivity contribution >= 4 is 0 Å². The zero-order chi connectivity index (χ0) is 19.6. The van der Waals surface area contributed by atoms with E-state index in [1.54, 1.807) is 0 Å². The first kappa shape index (κ1) is 24.2. The lowest BCUT2D eigenvalue weighted by atomic mass is 10.0. The molecule has 0 aliphatic carbocycles. The Bertz CT molecular complexity index is 436. The molecule has 1 heterocycles. The molecule has 2 heteroatoms. The average molecular weight is 378 g/mol. The average Bonchev–Trinajstić information content (AvgIpc) is 3.07. The van der Waals surface area contributed by atoms with Crippen molar-refractivity contribution in [3.05, 3.63) is 18.2 Å². The maximum Gasteiger partial charge on any atom is 0.256 e. The Kier molecular flexibility index (Phi) is 15.6. The van der Waals surface area contributed by atoms with Crippen LogP contribution in [0.1, 0.15) is 129 Å². The molecule has 0 atom stereocenters. The Hall–Kier alpha value is -0.790. The smallest absolute Gasteiger partial charge is 0.234 e. The molecule has 0 radical (unpaired) electrons. The van der Waals surface area contributed by atoms with Crippen LogP contribution in [0, 0.1) is 0 Å². The maximum atomic E-state index is 2.50. The van der Waals surface area contributed by atoms with Crippen LogP contribution in [0.2, 0.25) is 0 Å². The zero-order valence-corrected chi connectivity index (χ0v) is 19.0. The summed E-state index contributed by atoms with van der Waals surface area (Å²) in [5.74, 6) is 1.52. The van der Waals surface area contributed by atoms with E-state index in [1.165, 1.54) is 122 Å². The van der Waals surface area contributed by atoms with E-state index in [1.807, 2.05) is 0 Å². The van der Waals surface area contributed by atoms with E-state index in [4.69, 9.17) is 0 Å². The first-order valence-electron chi connectivity index (χ1n) is 12.4. The fourth-order valence-corrected chi connectivity index (χ4v) is 4.14. The number of unbranched alkanes of at least 4 members (excludes halogenated alkanes) is 14. The maximum absolute atomic E-state index is 2.50. The summed E-state index contributed by atoms with van der Waals surface area (Å²) >= 11 is 0. The fraction of sp³-hybridized carbons (Fsp3) is 0.880. The van der Waals surface area contributed by atoms with Crippen molar-refractivity contribution in [2.75, 3.05) is 0 Å². The summed E-state index contributed by atoms with van der Waals surface area (Å²) in [6, 6.07) is 0. The molecular formula is C25H49N2+. The summed E-state index contributed by atoms with van der Waals surface area (Å²) in [6.45, 7) is 9.29. The number of aryl methyl sites for hydroxylation is 2. The third kappa shape index (κ3) is 11.6. The minimum Gasteiger partial charge on any atom is -0.234 e. The zero-order valence-electron chi connectivity index (χ0n) is 19.0. The van der Waals surface area contributed by atoms with Crippen LogP contribution in [0.5, 0.6) is 0 Å². The predicted molar refractivity (Wildman–Crippen MR) is 119 cm³/mol. The number of rotatable bonds is 19. The van der Waals surface area contributed by atoms with Gasteiger partial charge in [0.1, 0.15) is 12.4 Å². The van der Waals surface area contributed by atoms with Gasteiger partial charge in [-0.15, -0.1) is 0 Å². The second-order valence-electron chi connectivity index (χ2n) is 8.40. The van der Waals surface area contributed by atoms with Gasteiger partial charge in [0.15, 0.2) is 0 Å². The highest BCUT2D eigenvalue weighted by Crippen LogP contribution is 2.12. The normalized spacial score (nSPS) is 11.4. The third-order valence-electron chi connectivity index (χ3n) is 5.91. The summed E-state index contributed by atoms with van der Waals surface area (Å²) in [7, 11) is 0. The summed E-state index contributed by atoms with van der Waals surface area (Å²) in [5.41, 5.74) is 0. The summed E-state index contributed by atoms with van der Waals surface area (Å²) in [6.07, 6.45) is 28.4. The van der Waals surface area contributed by atoms with Gasteiger partial charge in [-0.05, 0) is 25.7 Å². The van der Waals surface area contributed by atoms with Gasteiger partial charge >= 0.3 is 0 Å². The van der Waals surface area contributed by atoms with E-state index >= 15 is 0 Å². The minimum atomic E-state index is 1.15. The molecule has 0 aliphatic heterocycles. The van der Waals surface area contributed by atoms with Gasteiger partial charge in [0.05, 0.1) is 13.1 Å². The van der Waals surface area contributed by atoms with Gasteiger partial charge < -0.3 is 0 Å². The number of imidazole rings is 1. The summed E-state index contributed by atoms with van der Waals surface area (Å²) in [5, 5.41) is 0. The number of hydrogen-bond donors (Lipinski definition) is 0. The minimum absolute atomic E-state index is 1.15. The number of aromatic nitrogens is 2. The second kappa shape index (κ2) is 17.3. The summed E-state index contributed by atoms with van der Waals surface area (Å²) in [4.78, 5) is 0. The Morgan fingerprint density at radius 3 is 1.63 bits per heavy atom. The van der Waals surface area contributed by atoms with E-state index in [2.05, 4.69) is 42.3 Å². The predicted octanol–water partition coefficient (Wildman–Crippen LogP) is 7.62. The van der Waals surface area contributed by atoms with Gasteiger partial charge in [-0.3, -0.25) is 0 Å². The molecule has 2 nitrogen and oxygen atoms in total. The monoisotopic (exact) mass is 377 g/mol. The fourth-order valence-electron chi connectivity index (χ4n) is 4.14. The van der Waals surface area contributed by atoms with Crippen molar-refractivity contribution in [1.29, 1.82) is 0 Å². The molecule has 0 aromatic carbocycles. The van der Waals surface area contributed by atoms with Crippen LogP contribution in [0.4, 0.5) is 0 Å². The van der Waals surface area contributed by atoms with E-state index in [0.29, 0.717) is 0 Å². The van der Waals surface area contributed by atoms with Crippen molar-refractivity contribution in [3.63, 3.8) is 0 Å². The highest BCUT2D eigenvalue weighted by molar-refractivity contribution is 4.83. The highest BCUT2D eigenvalue weighted by Gasteiger charge is 2.14. The molecule has 0 amide bonds. The van der Waals surface area contributed by atoms with Gasteiger partial charge in [-0.1, -0.05) is 97.8 Å². The molecule has 27 heavy (non-hydrogen) atoms. The molecule has 0 N–H and O–H groups in total. The van der Waals surface area contributed by atoms with E-state index in [9.17, 15) is 0 Å². The lowest BCUT2D eigenvalue weighted by Crippen LogP contribution is -2.37. The van der Waals surface area contributed by atoms with Gasteiger partial charge in [-0.25, -0.2) is 9.13 Å². The molecule has 1 rings (SSSR count). The lowest BCUT2D eigenvalue weighted by molar-refractivity contribution is -0.704. The molecule has 158 valence electrons. The molecule has 0 bridgehead atoms. The molecule has 0 saturated carbocycles. The molecule has 1 aromatic heterocycles. The van der Waals surface area contributed by atoms with Crippen LogP contribution < -0.4 is 4.57 Å². The van der Waals surface area contributed by atoms with E-state index in [0.717, 1.165) is 6.42 Å². The summed E-state index contributed by atoms with van der Waals surface area (Å²) < 4.78 is 4.99. The van der Waals surface area contributed by atoms with Crippen LogP contribution in [0.15, 0.2) is 12.4 Å². The van der Waals surface area contributed by atoms with Gasteiger partial charge in [-0.2, -0.15) is 0 Å². The van der Waals surface area contributed by atoms with Crippen LogP contribution in [0.3, 0.4) is 0 Å². The van der Waals surface area contributed by atoms with Gasteiger partial charge in [0, 0.05) is 6.42 Å². The number of nitrogens with zero attached hydrogens (tertiary/aromatic N) is 2. The molecular weight excluding hydrogens is 328 g/mol. The van der Waals surface area contributed by atoms with Crippen LogP contribution in [-0.2, 0) is 19.5 Å².